The number of carboxylic acids is 2. The van der Waals surface area contributed by atoms with Crippen molar-refractivity contribution < 1.29 is 19.8 Å². The Morgan fingerprint density at radius 2 is 1.07 bits per heavy atom. The largest absolute Gasteiger partial charge is 0.481 e. The third kappa shape index (κ3) is 5.99. The number of hydrogen-bond donors (Lipinski definition) is 4. The average Bonchev–Trinajstić information content (AvgIpc) is 3.59. The maximum Gasteiger partial charge on any atom is 0.303 e. The zero-order valence-corrected chi connectivity index (χ0v) is 26.7. The molecule has 2 aliphatic heterocycles. The van der Waals surface area contributed by atoms with Crippen LogP contribution in [0.2, 0.25) is 0 Å². The number of carbonyl (C=O) groups is 2. The topological polar surface area (TPSA) is 132 Å². The molecule has 9 heteroatoms. The maximum atomic E-state index is 11.5. The Balaban J connectivity index is 0.00000423. The van der Waals surface area contributed by atoms with E-state index in [0.29, 0.717) is 18.5 Å². The fourth-order valence-corrected chi connectivity index (χ4v) is 6.22. The van der Waals surface area contributed by atoms with Gasteiger partial charge in [0.05, 0.1) is 22.8 Å². The fourth-order valence-electron chi connectivity index (χ4n) is 6.22. The van der Waals surface area contributed by atoms with Crippen molar-refractivity contribution in [2.75, 3.05) is 0 Å². The minimum atomic E-state index is -0.864. The summed E-state index contributed by atoms with van der Waals surface area (Å²) in [4.78, 5) is 40.3. The van der Waals surface area contributed by atoms with Crippen LogP contribution in [-0.4, -0.2) is 53.1 Å². The lowest BCUT2D eigenvalue weighted by atomic mass is 10.00. The lowest BCUT2D eigenvalue weighted by Gasteiger charge is -2.03. The van der Waals surface area contributed by atoms with E-state index < -0.39 is 11.9 Å². The van der Waals surface area contributed by atoms with Gasteiger partial charge >= 0.3 is 11.9 Å². The summed E-state index contributed by atoms with van der Waals surface area (Å²) in [6.45, 7) is 12.5. The van der Waals surface area contributed by atoms with Gasteiger partial charge in [0.15, 0.2) is 0 Å². The van der Waals surface area contributed by atoms with Gasteiger partial charge in [-0.05, 0) is 122 Å². The predicted molar refractivity (Wildman–Crippen MR) is 174 cm³/mol. The molecule has 2 aliphatic rings. The molecule has 4 radical (unpaired) electrons. The first-order valence-corrected chi connectivity index (χ1v) is 14.6. The van der Waals surface area contributed by atoms with Gasteiger partial charge in [0.1, 0.15) is 0 Å². The van der Waals surface area contributed by atoms with E-state index in [1.54, 1.807) is 0 Å². The third-order valence-corrected chi connectivity index (χ3v) is 8.69. The first-order valence-electron chi connectivity index (χ1n) is 14.6. The number of rotatable bonds is 8. The summed E-state index contributed by atoms with van der Waals surface area (Å²) in [6.07, 6.45) is 2.39. The first-order chi connectivity index (χ1) is 20.0. The highest BCUT2D eigenvalue weighted by Gasteiger charge is 2.21. The van der Waals surface area contributed by atoms with Crippen LogP contribution in [-0.2, 0) is 22.4 Å². The van der Waals surface area contributed by atoms with Crippen molar-refractivity contribution in [3.05, 3.63) is 69.3 Å². The van der Waals surface area contributed by atoms with E-state index in [9.17, 15) is 19.8 Å². The summed E-state index contributed by atoms with van der Waals surface area (Å²) in [6, 6.07) is 8.19. The number of aryl methyl sites for hydroxylation is 4. The average molecular weight is 595 g/mol. The fraction of sp³-hybridized carbons (Fsp3) is 0.353. The standard InChI is InChI=1S/C34H38N4O4.Si/c1-7-21-17(3)25-13-26-19(5)23(9-11-33(39)40)31(37-26)16-32-24(10-12-34(41)42)20(6)28(38-32)15-30-22(8-2)18(4)27(36-30)14-29(21)35-25;/h13-16,35,38H,7-12H2,1-6H3,(H,39,40)(H,41,42);. The third-order valence-electron chi connectivity index (χ3n) is 8.69. The number of allylic oxidation sites excluding steroid dienone is 4. The van der Waals surface area contributed by atoms with Gasteiger partial charge < -0.3 is 20.2 Å². The molecule has 222 valence electrons. The summed E-state index contributed by atoms with van der Waals surface area (Å²) in [7, 11) is 0. The molecule has 5 rings (SSSR count). The number of aromatic nitrogens is 4. The van der Waals surface area contributed by atoms with Crippen molar-refractivity contribution >= 4 is 67.3 Å². The Bertz CT molecular complexity index is 1860. The van der Waals surface area contributed by atoms with Crippen LogP contribution in [0.5, 0.6) is 0 Å². The van der Waals surface area contributed by atoms with E-state index in [1.807, 2.05) is 26.0 Å². The lowest BCUT2D eigenvalue weighted by Crippen LogP contribution is -1.98. The Morgan fingerprint density at radius 1 is 0.628 bits per heavy atom. The monoisotopic (exact) mass is 594 g/mol. The van der Waals surface area contributed by atoms with Crippen molar-refractivity contribution in [2.45, 2.75) is 80.1 Å². The molecular weight excluding hydrogens is 556 g/mol. The maximum absolute atomic E-state index is 11.5. The number of aromatic amines is 2. The molecule has 0 fully saturated rings. The van der Waals surface area contributed by atoms with Gasteiger partial charge in [-0.25, -0.2) is 9.97 Å². The molecule has 4 N–H and O–H groups in total. The van der Waals surface area contributed by atoms with Crippen molar-refractivity contribution in [3.8, 4) is 0 Å². The second-order valence-corrected chi connectivity index (χ2v) is 11.2. The molecule has 43 heavy (non-hydrogen) atoms. The number of fused-ring (bicyclic) bond motifs is 8. The van der Waals surface area contributed by atoms with Gasteiger partial charge in [-0.15, -0.1) is 0 Å². The van der Waals surface area contributed by atoms with Crippen LogP contribution in [0.3, 0.4) is 0 Å². The summed E-state index contributed by atoms with van der Waals surface area (Å²) in [5.41, 5.74) is 15.4. The van der Waals surface area contributed by atoms with Gasteiger partial charge in [-0.1, -0.05) is 13.8 Å². The Kier molecular flexibility index (Phi) is 9.25. The van der Waals surface area contributed by atoms with Gasteiger partial charge in [-0.2, -0.15) is 0 Å². The van der Waals surface area contributed by atoms with Gasteiger partial charge in [0, 0.05) is 45.9 Å². The summed E-state index contributed by atoms with van der Waals surface area (Å²) in [5.74, 6) is -1.72. The normalized spacial score (nSPS) is 13.0. The van der Waals surface area contributed by atoms with Crippen molar-refractivity contribution in [2.24, 2.45) is 0 Å². The zero-order valence-electron chi connectivity index (χ0n) is 25.7. The van der Waals surface area contributed by atoms with Crippen LogP contribution in [0.1, 0.15) is 98.4 Å². The number of nitrogens with one attached hydrogen (secondary N) is 2. The van der Waals surface area contributed by atoms with Crippen LogP contribution in [0.25, 0.3) is 44.4 Å². The highest BCUT2D eigenvalue weighted by atomic mass is 28.1. The van der Waals surface area contributed by atoms with Crippen LogP contribution in [0.4, 0.5) is 0 Å². The van der Waals surface area contributed by atoms with E-state index >= 15 is 0 Å². The van der Waals surface area contributed by atoms with Crippen molar-refractivity contribution in [3.63, 3.8) is 0 Å². The predicted octanol–water partition coefficient (Wildman–Crippen LogP) is 7.27. The number of H-pyrrole nitrogens is 2. The molecule has 5 heterocycles. The smallest absolute Gasteiger partial charge is 0.303 e. The molecule has 0 aliphatic carbocycles. The van der Waals surface area contributed by atoms with E-state index in [4.69, 9.17) is 9.97 Å². The van der Waals surface area contributed by atoms with Crippen LogP contribution in [0, 0.1) is 13.8 Å². The van der Waals surface area contributed by atoms with Crippen LogP contribution in [0.15, 0.2) is 24.3 Å². The highest BCUT2D eigenvalue weighted by Crippen LogP contribution is 2.36. The second-order valence-electron chi connectivity index (χ2n) is 11.2. The molecule has 8 bridgehead atoms. The molecule has 0 saturated carbocycles. The van der Waals surface area contributed by atoms with Crippen LogP contribution < -0.4 is 0 Å². The van der Waals surface area contributed by atoms with Crippen molar-refractivity contribution in [1.29, 1.82) is 0 Å². The van der Waals surface area contributed by atoms with E-state index in [0.717, 1.165) is 85.4 Å². The summed E-state index contributed by atoms with van der Waals surface area (Å²) < 4.78 is 0. The van der Waals surface area contributed by atoms with Crippen molar-refractivity contribution in [1.82, 2.24) is 19.9 Å². The minimum absolute atomic E-state index is 0. The molecular formula is C34H38N4O4Si. The van der Waals surface area contributed by atoms with E-state index in [2.05, 4.69) is 49.8 Å². The molecule has 0 atom stereocenters. The summed E-state index contributed by atoms with van der Waals surface area (Å²) in [5, 5.41) is 18.9. The SMILES string of the molecule is CCC1=C(C)c2cc3[nH]c(cc4nc(cc5[nH]c(cc1n2)c(C)c5CCC(=O)O)C(CCC(=O)O)=C4C)c(C)c3CC.[Si]. The Hall–Kier alpha value is -4.24. The lowest BCUT2D eigenvalue weighted by molar-refractivity contribution is -0.137. The van der Waals surface area contributed by atoms with E-state index in [-0.39, 0.29) is 23.8 Å². The van der Waals surface area contributed by atoms with Gasteiger partial charge in [-0.3, -0.25) is 9.59 Å². The Morgan fingerprint density at radius 3 is 1.63 bits per heavy atom. The Labute approximate surface area is 256 Å². The molecule has 0 spiro atoms. The number of carboxylic acid groups (broad SMARTS) is 2. The molecule has 0 saturated heterocycles. The molecule has 3 aromatic heterocycles. The minimum Gasteiger partial charge on any atom is -0.481 e. The van der Waals surface area contributed by atoms with Gasteiger partial charge in [0.25, 0.3) is 0 Å². The first kappa shape index (κ1) is 31.7. The van der Waals surface area contributed by atoms with Gasteiger partial charge in [0.2, 0.25) is 0 Å². The number of nitrogens with zero attached hydrogens (tertiary/aromatic N) is 2. The number of aliphatic carboxylic acids is 2. The second kappa shape index (κ2) is 12.5. The summed E-state index contributed by atoms with van der Waals surface area (Å²) >= 11 is 0. The number of hydrogen-bond acceptors (Lipinski definition) is 4. The van der Waals surface area contributed by atoms with Crippen LogP contribution >= 0.6 is 0 Å². The van der Waals surface area contributed by atoms with E-state index in [1.165, 1.54) is 11.1 Å². The highest BCUT2D eigenvalue weighted by molar-refractivity contribution is 5.95. The molecule has 0 unspecified atom stereocenters. The molecule has 0 aromatic carbocycles. The molecule has 8 nitrogen and oxygen atoms in total. The zero-order chi connectivity index (χ0) is 30.3. The molecule has 3 aromatic rings. The molecule has 0 amide bonds. The quantitative estimate of drug-likeness (QED) is 0.203.